The lowest BCUT2D eigenvalue weighted by Crippen LogP contribution is -2.23. The van der Waals surface area contributed by atoms with Crippen LogP contribution in [-0.2, 0) is 4.74 Å². The van der Waals surface area contributed by atoms with E-state index in [4.69, 9.17) is 15.7 Å². The number of nitrogens with one attached hydrogen (secondary N) is 1. The quantitative estimate of drug-likeness (QED) is 0.783. The van der Waals surface area contributed by atoms with E-state index < -0.39 is 0 Å². The Morgan fingerprint density at radius 3 is 3.06 bits per heavy atom. The fraction of sp³-hybridized carbons (Fsp3) is 0.455. The van der Waals surface area contributed by atoms with Crippen molar-refractivity contribution in [3.05, 3.63) is 17.8 Å². The predicted molar refractivity (Wildman–Crippen MR) is 62.9 cm³/mol. The molecule has 5 nitrogen and oxygen atoms in total. The number of hydrogen-bond acceptors (Lipinski definition) is 5. The van der Waals surface area contributed by atoms with Crippen LogP contribution in [0.2, 0.25) is 0 Å². The lowest BCUT2D eigenvalue weighted by atomic mass is 10.2. The van der Waals surface area contributed by atoms with Crippen LogP contribution in [0.1, 0.15) is 19.4 Å². The van der Waals surface area contributed by atoms with E-state index in [9.17, 15) is 0 Å². The molecule has 0 saturated carbocycles. The van der Waals surface area contributed by atoms with Crippen LogP contribution in [0.5, 0.6) is 0 Å². The Labute approximate surface area is 95.2 Å². The molecule has 0 fully saturated rings. The molecule has 1 aromatic heterocycles. The third kappa shape index (κ3) is 3.11. The molecule has 0 aliphatic heterocycles. The number of nitrogens with two attached hydrogens (primary N) is 1. The second kappa shape index (κ2) is 5.93. The molecule has 0 aromatic carbocycles. The van der Waals surface area contributed by atoms with Crippen molar-refractivity contribution in [1.82, 2.24) is 4.98 Å². The number of pyridine rings is 1. The number of nitrogen functional groups attached to an aromatic ring is 1. The number of aromatic nitrogens is 1. The van der Waals surface area contributed by atoms with Crippen LogP contribution in [0.4, 0.5) is 11.5 Å². The molecule has 1 aromatic rings. The Hall–Kier alpha value is -1.80. The van der Waals surface area contributed by atoms with Gasteiger partial charge in [0.05, 0.1) is 17.9 Å². The normalized spacial score (nSPS) is 11.8. The highest BCUT2D eigenvalue weighted by molar-refractivity contribution is 5.69. The van der Waals surface area contributed by atoms with Crippen LogP contribution >= 0.6 is 0 Å². The summed E-state index contributed by atoms with van der Waals surface area (Å²) in [5, 5.41) is 11.9. The zero-order valence-corrected chi connectivity index (χ0v) is 9.53. The maximum Gasteiger partial charge on any atom is 0.150 e. The first kappa shape index (κ1) is 12.3. The van der Waals surface area contributed by atoms with Gasteiger partial charge in [-0.05, 0) is 19.9 Å². The molecule has 3 N–H and O–H groups in total. The van der Waals surface area contributed by atoms with Gasteiger partial charge in [0.15, 0.2) is 5.82 Å². The van der Waals surface area contributed by atoms with E-state index in [0.717, 1.165) is 0 Å². The minimum Gasteiger partial charge on any atom is -0.395 e. The van der Waals surface area contributed by atoms with Crippen LogP contribution in [0.3, 0.4) is 0 Å². The number of anilines is 2. The molecule has 0 saturated heterocycles. The highest BCUT2D eigenvalue weighted by Crippen LogP contribution is 2.19. The first-order valence-corrected chi connectivity index (χ1v) is 5.17. The van der Waals surface area contributed by atoms with Crippen LogP contribution < -0.4 is 11.1 Å². The molecule has 0 radical (unpaired) electrons. The van der Waals surface area contributed by atoms with Gasteiger partial charge >= 0.3 is 0 Å². The zero-order valence-electron chi connectivity index (χ0n) is 9.53. The van der Waals surface area contributed by atoms with Crippen molar-refractivity contribution in [3.63, 3.8) is 0 Å². The summed E-state index contributed by atoms with van der Waals surface area (Å²) >= 11 is 0. The molecule has 86 valence electrons. The summed E-state index contributed by atoms with van der Waals surface area (Å²) in [7, 11) is 0. The van der Waals surface area contributed by atoms with Crippen molar-refractivity contribution in [2.75, 3.05) is 24.3 Å². The number of nitrogens with zero attached hydrogens (tertiary/aromatic N) is 2. The van der Waals surface area contributed by atoms with Crippen LogP contribution in [0, 0.1) is 11.3 Å². The minimum atomic E-state index is 0.101. The van der Waals surface area contributed by atoms with Gasteiger partial charge in [-0.2, -0.15) is 5.26 Å². The summed E-state index contributed by atoms with van der Waals surface area (Å²) in [6.45, 7) is 5.16. The second-order valence-corrected chi connectivity index (χ2v) is 3.44. The van der Waals surface area contributed by atoms with Crippen molar-refractivity contribution < 1.29 is 4.74 Å². The van der Waals surface area contributed by atoms with Crippen LogP contribution in [0.25, 0.3) is 0 Å². The van der Waals surface area contributed by atoms with Gasteiger partial charge in [0.1, 0.15) is 6.07 Å². The largest absolute Gasteiger partial charge is 0.395 e. The van der Waals surface area contributed by atoms with Gasteiger partial charge in [-0.3, -0.25) is 0 Å². The summed E-state index contributed by atoms with van der Waals surface area (Å²) in [6, 6.07) is 3.71. The maximum absolute atomic E-state index is 8.81. The number of rotatable bonds is 5. The lowest BCUT2D eigenvalue weighted by Gasteiger charge is -2.15. The van der Waals surface area contributed by atoms with Crippen molar-refractivity contribution in [1.29, 1.82) is 5.26 Å². The van der Waals surface area contributed by atoms with Crippen molar-refractivity contribution in [2.45, 2.75) is 19.9 Å². The van der Waals surface area contributed by atoms with Crippen LogP contribution in [0.15, 0.2) is 12.3 Å². The molecule has 0 spiro atoms. The van der Waals surface area contributed by atoms with Gasteiger partial charge in [0.25, 0.3) is 0 Å². The Kier molecular flexibility index (Phi) is 4.55. The Morgan fingerprint density at radius 2 is 2.44 bits per heavy atom. The highest BCUT2D eigenvalue weighted by Gasteiger charge is 2.08. The molecule has 0 bridgehead atoms. The maximum atomic E-state index is 8.81. The molecule has 1 heterocycles. The average Bonchev–Trinajstić information content (AvgIpc) is 2.29. The monoisotopic (exact) mass is 220 g/mol. The fourth-order valence-corrected chi connectivity index (χ4v) is 1.26. The van der Waals surface area contributed by atoms with E-state index in [1.54, 1.807) is 12.3 Å². The van der Waals surface area contributed by atoms with Gasteiger partial charge in [-0.15, -0.1) is 0 Å². The SMILES string of the molecule is CCOCC(C)Nc1nccc(C#N)c1N. The molecule has 0 aliphatic carbocycles. The Morgan fingerprint density at radius 1 is 1.69 bits per heavy atom. The van der Waals surface area contributed by atoms with Crippen molar-refractivity contribution >= 4 is 11.5 Å². The molecule has 1 unspecified atom stereocenters. The third-order valence-electron chi connectivity index (χ3n) is 2.07. The van der Waals surface area contributed by atoms with Crippen molar-refractivity contribution in [2.24, 2.45) is 0 Å². The first-order valence-electron chi connectivity index (χ1n) is 5.17. The number of nitriles is 1. The fourth-order valence-electron chi connectivity index (χ4n) is 1.26. The smallest absolute Gasteiger partial charge is 0.150 e. The Bertz CT molecular complexity index is 386. The molecular weight excluding hydrogens is 204 g/mol. The number of hydrogen-bond donors (Lipinski definition) is 2. The van der Waals surface area contributed by atoms with E-state index >= 15 is 0 Å². The first-order chi connectivity index (χ1) is 7.69. The molecule has 1 rings (SSSR count). The van der Waals surface area contributed by atoms with Gasteiger partial charge < -0.3 is 15.8 Å². The summed E-state index contributed by atoms with van der Waals surface area (Å²) in [4.78, 5) is 4.09. The summed E-state index contributed by atoms with van der Waals surface area (Å²) in [5.41, 5.74) is 6.60. The third-order valence-corrected chi connectivity index (χ3v) is 2.07. The van der Waals surface area contributed by atoms with Gasteiger partial charge in [-0.25, -0.2) is 4.98 Å². The summed E-state index contributed by atoms with van der Waals surface area (Å²) in [6.07, 6.45) is 1.56. The summed E-state index contributed by atoms with van der Waals surface area (Å²) < 4.78 is 5.27. The van der Waals surface area contributed by atoms with Gasteiger partial charge in [-0.1, -0.05) is 0 Å². The minimum absolute atomic E-state index is 0.101. The van der Waals surface area contributed by atoms with Crippen molar-refractivity contribution in [3.8, 4) is 6.07 Å². The standard InChI is InChI=1S/C11H16N4O/c1-3-16-7-8(2)15-11-10(13)9(6-12)4-5-14-11/h4-5,8H,3,7,13H2,1-2H3,(H,14,15). The van der Waals surface area contributed by atoms with E-state index in [2.05, 4.69) is 10.3 Å². The highest BCUT2D eigenvalue weighted by atomic mass is 16.5. The molecular formula is C11H16N4O. The lowest BCUT2D eigenvalue weighted by molar-refractivity contribution is 0.141. The molecule has 1 atom stereocenters. The van der Waals surface area contributed by atoms with E-state index in [1.165, 1.54) is 0 Å². The predicted octanol–water partition coefficient (Wildman–Crippen LogP) is 1.37. The van der Waals surface area contributed by atoms with E-state index in [1.807, 2.05) is 19.9 Å². The molecule has 16 heavy (non-hydrogen) atoms. The van der Waals surface area contributed by atoms with Crippen LogP contribution in [-0.4, -0.2) is 24.2 Å². The number of ether oxygens (including phenoxy) is 1. The molecule has 0 amide bonds. The Balaban J connectivity index is 2.70. The summed E-state index contributed by atoms with van der Waals surface area (Å²) in [5.74, 6) is 0.534. The average molecular weight is 220 g/mol. The molecule has 5 heteroatoms. The topological polar surface area (TPSA) is 84.0 Å². The van der Waals surface area contributed by atoms with E-state index in [0.29, 0.717) is 30.3 Å². The molecule has 0 aliphatic rings. The zero-order chi connectivity index (χ0) is 12.0. The van der Waals surface area contributed by atoms with Gasteiger partial charge in [0.2, 0.25) is 0 Å². The van der Waals surface area contributed by atoms with Gasteiger partial charge in [0, 0.05) is 18.8 Å². The van der Waals surface area contributed by atoms with E-state index in [-0.39, 0.29) is 6.04 Å². The second-order valence-electron chi connectivity index (χ2n) is 3.44.